The van der Waals surface area contributed by atoms with Crippen molar-refractivity contribution in [1.29, 1.82) is 0 Å². The van der Waals surface area contributed by atoms with Crippen molar-refractivity contribution in [1.82, 2.24) is 14.7 Å². The monoisotopic (exact) mass is 434 g/mol. The van der Waals surface area contributed by atoms with Crippen LogP contribution >= 0.6 is 0 Å². The molecule has 2 fully saturated rings. The van der Waals surface area contributed by atoms with Crippen LogP contribution in [0.1, 0.15) is 21.5 Å². The summed E-state index contributed by atoms with van der Waals surface area (Å²) in [6.45, 7) is 5.45. The molecule has 2 aromatic carbocycles. The second-order valence-electron chi connectivity index (χ2n) is 9.23. The van der Waals surface area contributed by atoms with Gasteiger partial charge in [-0.05, 0) is 43.2 Å². The normalized spacial score (nSPS) is 21.9. The Kier molecular flexibility index (Phi) is 5.67. The number of hydrogen-bond acceptors (Lipinski definition) is 3. The van der Waals surface area contributed by atoms with Gasteiger partial charge in [0, 0.05) is 57.4 Å². The Morgan fingerprint density at radius 3 is 2.31 bits per heavy atom. The molecule has 1 N–H and O–H groups in total. The third-order valence-electron chi connectivity index (χ3n) is 6.67. The van der Waals surface area contributed by atoms with Crippen molar-refractivity contribution in [3.63, 3.8) is 0 Å². The molecule has 7 nitrogen and oxygen atoms in total. The van der Waals surface area contributed by atoms with Crippen molar-refractivity contribution < 1.29 is 14.4 Å². The molecule has 0 aliphatic carbocycles. The molecule has 0 unspecified atom stereocenters. The molecule has 0 radical (unpaired) electrons. The Balaban J connectivity index is 1.55. The van der Waals surface area contributed by atoms with Gasteiger partial charge in [0.25, 0.3) is 5.91 Å². The minimum absolute atomic E-state index is 0.0344. The summed E-state index contributed by atoms with van der Waals surface area (Å²) >= 11 is 0. The van der Waals surface area contributed by atoms with Crippen molar-refractivity contribution >= 4 is 23.5 Å². The topological polar surface area (TPSA) is 73.0 Å². The molecule has 168 valence electrons. The summed E-state index contributed by atoms with van der Waals surface area (Å²) in [4.78, 5) is 44.5. The zero-order valence-corrected chi connectivity index (χ0v) is 19.1. The molecule has 2 aliphatic heterocycles. The quantitative estimate of drug-likeness (QED) is 0.807. The van der Waals surface area contributed by atoms with E-state index in [9.17, 15) is 14.4 Å². The fraction of sp³-hybridized carbons (Fsp3) is 0.400. The van der Waals surface area contributed by atoms with Crippen molar-refractivity contribution in [2.24, 2.45) is 11.3 Å². The maximum Gasteiger partial charge on any atom is 0.321 e. The van der Waals surface area contributed by atoms with Gasteiger partial charge in [0.2, 0.25) is 5.91 Å². The van der Waals surface area contributed by atoms with Gasteiger partial charge in [0.1, 0.15) is 0 Å². The molecule has 4 rings (SSSR count). The predicted octanol–water partition coefficient (Wildman–Crippen LogP) is 3.00. The van der Waals surface area contributed by atoms with E-state index < -0.39 is 5.41 Å². The number of carbonyl (C=O) groups is 3. The molecule has 7 heteroatoms. The zero-order valence-electron chi connectivity index (χ0n) is 19.1. The number of benzene rings is 2. The number of rotatable bonds is 3. The first kappa shape index (κ1) is 21.9. The van der Waals surface area contributed by atoms with Crippen LogP contribution in [-0.2, 0) is 4.79 Å². The molecule has 0 bridgehead atoms. The van der Waals surface area contributed by atoms with E-state index in [-0.39, 0.29) is 23.8 Å². The molecule has 0 aromatic heterocycles. The summed E-state index contributed by atoms with van der Waals surface area (Å²) < 4.78 is 0. The molecular formula is C25H30N4O3. The number of carbonyl (C=O) groups excluding carboxylic acids is 3. The first-order valence-electron chi connectivity index (χ1n) is 10.9. The van der Waals surface area contributed by atoms with E-state index in [4.69, 9.17) is 0 Å². The molecule has 2 aliphatic rings. The minimum Gasteiger partial charge on any atom is -0.348 e. The minimum atomic E-state index is -0.785. The number of likely N-dealkylation sites (tertiary alicyclic amines) is 2. The third kappa shape index (κ3) is 3.83. The number of nitrogens with one attached hydrogen (secondary N) is 1. The highest BCUT2D eigenvalue weighted by atomic mass is 16.2. The predicted molar refractivity (Wildman–Crippen MR) is 123 cm³/mol. The lowest BCUT2D eigenvalue weighted by Gasteiger charge is -2.30. The number of amides is 4. The molecule has 2 aromatic rings. The van der Waals surface area contributed by atoms with Crippen LogP contribution in [0.3, 0.4) is 0 Å². The second-order valence-corrected chi connectivity index (χ2v) is 9.23. The first-order valence-corrected chi connectivity index (χ1v) is 10.9. The summed E-state index contributed by atoms with van der Waals surface area (Å²) in [5.74, 6) is -0.209. The Morgan fingerprint density at radius 2 is 1.62 bits per heavy atom. The van der Waals surface area contributed by atoms with Crippen molar-refractivity contribution in [2.45, 2.75) is 13.8 Å². The van der Waals surface area contributed by atoms with Gasteiger partial charge in [0.15, 0.2) is 0 Å². The van der Waals surface area contributed by atoms with Crippen LogP contribution in [0, 0.1) is 25.2 Å². The molecule has 0 saturated carbocycles. The Labute approximate surface area is 189 Å². The summed E-state index contributed by atoms with van der Waals surface area (Å²) in [7, 11) is 3.46. The number of aryl methyl sites for hydroxylation is 2. The summed E-state index contributed by atoms with van der Waals surface area (Å²) in [5, 5.41) is 3.01. The van der Waals surface area contributed by atoms with Crippen LogP contribution in [-0.4, -0.2) is 72.8 Å². The lowest BCUT2D eigenvalue weighted by atomic mass is 9.80. The average Bonchev–Trinajstić information content (AvgIpc) is 3.31. The SMILES string of the molecule is Cc1ccc(C)c(NC(=O)N2C[C@@H]3CN(C(=O)c4ccccc4)C[C@]3(C(=O)N(C)C)C2)c1. The fourth-order valence-corrected chi connectivity index (χ4v) is 4.95. The molecule has 2 heterocycles. The highest BCUT2D eigenvalue weighted by molar-refractivity contribution is 5.96. The van der Waals surface area contributed by atoms with Crippen LogP contribution in [0.2, 0.25) is 0 Å². The zero-order chi connectivity index (χ0) is 23.0. The first-order chi connectivity index (χ1) is 15.2. The van der Waals surface area contributed by atoms with Gasteiger partial charge in [-0.2, -0.15) is 0 Å². The van der Waals surface area contributed by atoms with Crippen molar-refractivity contribution in [3.05, 3.63) is 65.2 Å². The lowest BCUT2D eigenvalue weighted by Crippen LogP contribution is -2.48. The largest absolute Gasteiger partial charge is 0.348 e. The maximum atomic E-state index is 13.3. The van der Waals surface area contributed by atoms with Crippen LogP contribution in [0.4, 0.5) is 10.5 Å². The average molecular weight is 435 g/mol. The van der Waals surface area contributed by atoms with Gasteiger partial charge in [-0.15, -0.1) is 0 Å². The van der Waals surface area contributed by atoms with E-state index in [1.54, 1.807) is 40.9 Å². The molecule has 2 saturated heterocycles. The highest BCUT2D eigenvalue weighted by Crippen LogP contribution is 2.44. The summed E-state index contributed by atoms with van der Waals surface area (Å²) in [6.07, 6.45) is 0. The summed E-state index contributed by atoms with van der Waals surface area (Å²) in [6, 6.07) is 14.9. The van der Waals surface area contributed by atoms with Gasteiger partial charge in [-0.3, -0.25) is 9.59 Å². The van der Waals surface area contributed by atoms with E-state index in [2.05, 4.69) is 5.32 Å². The molecule has 4 amide bonds. The number of anilines is 1. The molecular weight excluding hydrogens is 404 g/mol. The van der Waals surface area contributed by atoms with Crippen molar-refractivity contribution in [3.8, 4) is 0 Å². The van der Waals surface area contributed by atoms with E-state index in [0.29, 0.717) is 31.7 Å². The lowest BCUT2D eigenvalue weighted by molar-refractivity contribution is -0.139. The van der Waals surface area contributed by atoms with Gasteiger partial charge < -0.3 is 20.0 Å². The van der Waals surface area contributed by atoms with Gasteiger partial charge >= 0.3 is 6.03 Å². The van der Waals surface area contributed by atoms with E-state index in [1.165, 1.54) is 0 Å². The Bertz CT molecular complexity index is 1050. The number of fused-ring (bicyclic) bond motifs is 1. The van der Waals surface area contributed by atoms with Crippen LogP contribution in [0.25, 0.3) is 0 Å². The van der Waals surface area contributed by atoms with Crippen LogP contribution in [0.15, 0.2) is 48.5 Å². The van der Waals surface area contributed by atoms with Crippen molar-refractivity contribution in [2.75, 3.05) is 45.6 Å². The van der Waals surface area contributed by atoms with Gasteiger partial charge in [-0.25, -0.2) is 4.79 Å². The standard InChI is InChI=1S/C25H30N4O3/c1-17-10-11-18(2)21(12-17)26-24(32)29-14-20-13-28(22(30)19-8-6-5-7-9-19)15-25(20,16-29)23(31)27(3)4/h5-12,20H,13-16H2,1-4H3,(H,26,32)/t20-,25-/m0/s1. The fourth-order valence-electron chi connectivity index (χ4n) is 4.95. The highest BCUT2D eigenvalue weighted by Gasteiger charge is 2.59. The number of nitrogens with zero attached hydrogens (tertiary/aromatic N) is 3. The number of hydrogen-bond donors (Lipinski definition) is 1. The van der Waals surface area contributed by atoms with Crippen LogP contribution in [0.5, 0.6) is 0 Å². The smallest absolute Gasteiger partial charge is 0.321 e. The summed E-state index contributed by atoms with van der Waals surface area (Å²) in [5.41, 5.74) is 2.67. The van der Waals surface area contributed by atoms with Gasteiger partial charge in [-0.1, -0.05) is 30.3 Å². The molecule has 0 spiro atoms. The van der Waals surface area contributed by atoms with Crippen LogP contribution < -0.4 is 5.32 Å². The second kappa shape index (κ2) is 8.30. The molecule has 2 atom stereocenters. The number of urea groups is 1. The van der Waals surface area contributed by atoms with E-state index in [0.717, 1.165) is 16.8 Å². The maximum absolute atomic E-state index is 13.3. The molecule has 32 heavy (non-hydrogen) atoms. The Morgan fingerprint density at radius 1 is 0.969 bits per heavy atom. The Hall–Kier alpha value is -3.35. The third-order valence-corrected chi connectivity index (χ3v) is 6.67. The van der Waals surface area contributed by atoms with E-state index >= 15 is 0 Å². The van der Waals surface area contributed by atoms with Gasteiger partial charge in [0.05, 0.1) is 5.41 Å². The van der Waals surface area contributed by atoms with E-state index in [1.807, 2.05) is 50.2 Å².